The smallest absolute Gasteiger partial charge is 0.198 e. The normalized spacial score (nSPS) is 17.6. The zero-order valence-corrected chi connectivity index (χ0v) is 28.3. The molecule has 0 bridgehead atoms. The fraction of sp³-hybridized carbons (Fsp3) is 0.469. The number of phenolic OH excluding ortho intramolecular Hbond substituents is 2. The number of nitrogens with one attached hydrogen (secondary N) is 1. The first-order valence-corrected chi connectivity index (χ1v) is 14.1. The van der Waals surface area contributed by atoms with Gasteiger partial charge in [-0.15, -0.1) is 13.2 Å². The van der Waals surface area contributed by atoms with Crippen LogP contribution in [0.5, 0.6) is 17.2 Å². The molecule has 5 N–H and O–H groups in total. The van der Waals surface area contributed by atoms with Crippen molar-refractivity contribution in [3.63, 3.8) is 0 Å². The number of carbonyl (C=O) groups is 2. The largest absolute Gasteiger partial charge is 0.507 e. The number of hydrogen-bond acceptors (Lipinski definition) is 9. The molecule has 0 saturated carbocycles. The van der Waals surface area contributed by atoms with E-state index in [1.54, 1.807) is 18.2 Å². The Balaban J connectivity index is 0.00000102. The second-order valence-electron chi connectivity index (χ2n) is 8.88. The van der Waals surface area contributed by atoms with Crippen molar-refractivity contribution in [2.75, 3.05) is 20.3 Å². The molecule has 5 rings (SSSR count). The maximum atomic E-state index is 13.1. The number of rotatable bonds is 3. The Morgan fingerprint density at radius 2 is 1.64 bits per heavy atom. The topological polar surface area (TPSA) is 157 Å². The molecule has 0 spiro atoms. The van der Waals surface area contributed by atoms with Crippen LogP contribution in [0, 0.1) is 11.3 Å². The van der Waals surface area contributed by atoms with Crippen molar-refractivity contribution >= 4 is 17.3 Å². The molecule has 0 aromatic heterocycles. The van der Waals surface area contributed by atoms with Gasteiger partial charge in [0.05, 0.1) is 29.5 Å². The number of fused-ring (bicyclic) bond motifs is 3. The maximum Gasteiger partial charge on any atom is 0.198 e. The predicted molar refractivity (Wildman–Crippen MR) is 159 cm³/mol. The summed E-state index contributed by atoms with van der Waals surface area (Å²) in [7, 11) is 1.44. The summed E-state index contributed by atoms with van der Waals surface area (Å²) in [6.45, 7) is 14.1. The number of Topliss-reactive ketones (excluding diaryl/α,β-unsaturated/α-hetero) is 1. The number of benzene rings is 2. The Morgan fingerprint density at radius 1 is 1.02 bits per heavy atom. The van der Waals surface area contributed by atoms with E-state index in [-0.39, 0.29) is 84.4 Å². The third-order valence-corrected chi connectivity index (χ3v) is 6.84. The van der Waals surface area contributed by atoms with Crippen LogP contribution in [-0.4, -0.2) is 64.3 Å². The van der Waals surface area contributed by atoms with Crippen molar-refractivity contribution < 1.29 is 72.2 Å². The van der Waals surface area contributed by atoms with Crippen molar-refractivity contribution in [1.29, 1.82) is 5.41 Å². The van der Waals surface area contributed by atoms with Gasteiger partial charge >= 0.3 is 0 Å². The third kappa shape index (κ3) is 8.57. The molecule has 1 saturated heterocycles. The fourth-order valence-electron chi connectivity index (χ4n) is 4.98. The van der Waals surface area contributed by atoms with Gasteiger partial charge in [-0.05, 0) is 44.6 Å². The first-order valence-electron chi connectivity index (χ1n) is 14.1. The molecule has 1 aliphatic heterocycles. The van der Waals surface area contributed by atoms with Crippen LogP contribution in [0.3, 0.4) is 0 Å². The first-order chi connectivity index (χ1) is 19.8. The van der Waals surface area contributed by atoms with Crippen LogP contribution in [-0.2, 0) is 55.1 Å². The van der Waals surface area contributed by atoms with Gasteiger partial charge in [0.1, 0.15) is 23.9 Å². The zero-order chi connectivity index (χ0) is 31.3. The molecule has 1 radical (unpaired) electrons. The van der Waals surface area contributed by atoms with E-state index in [0.717, 1.165) is 25.9 Å². The van der Waals surface area contributed by atoms with Crippen molar-refractivity contribution in [3.05, 3.63) is 64.7 Å². The number of carbonyl (C=O) groups excluding carboxylic acids is 2. The van der Waals surface area contributed by atoms with Crippen LogP contribution in [0.1, 0.15) is 91.6 Å². The Bertz CT molecular complexity index is 1210. The van der Waals surface area contributed by atoms with Crippen molar-refractivity contribution in [2.24, 2.45) is 5.92 Å². The molecule has 229 valence electrons. The summed E-state index contributed by atoms with van der Waals surface area (Å²) >= 11 is 0. The Labute approximate surface area is 274 Å². The number of aliphatic hydroxyl groups excluding tert-OH is 2. The summed E-state index contributed by atoms with van der Waals surface area (Å²) < 4.78 is 10.1. The number of aromatic hydroxyl groups is 2. The van der Waals surface area contributed by atoms with Gasteiger partial charge in [-0.2, -0.15) is 0 Å². The van der Waals surface area contributed by atoms with Gasteiger partial charge in [0, 0.05) is 61.9 Å². The molecule has 2 aromatic carbocycles. The van der Waals surface area contributed by atoms with Gasteiger partial charge < -0.3 is 29.9 Å². The molecule has 1 heterocycles. The average Bonchev–Trinajstić information content (AvgIpc) is 3.04. The quantitative estimate of drug-likeness (QED) is 0.192. The number of phenols is 2. The van der Waals surface area contributed by atoms with Gasteiger partial charge in [0.25, 0.3) is 0 Å². The van der Waals surface area contributed by atoms with Crippen molar-refractivity contribution in [1.82, 2.24) is 0 Å². The summed E-state index contributed by atoms with van der Waals surface area (Å²) in [6.07, 6.45) is 3.43. The summed E-state index contributed by atoms with van der Waals surface area (Å²) in [5.74, 6) is -1.50. The molecule has 3 aliphatic rings. The summed E-state index contributed by atoms with van der Waals surface area (Å²) in [5, 5.41) is 48.2. The summed E-state index contributed by atoms with van der Waals surface area (Å²) in [4.78, 5) is 25.0. The second-order valence-corrected chi connectivity index (χ2v) is 8.88. The SMILES string of the molecule is C=C.CC.CC.COc1cccc2c1C(=N)c1c(O)c3c(c(O)c1C2=O)CC(C(=O)CO)CC3.OC1CCCCO1.[Y]. The molecule has 9 nitrogen and oxygen atoms in total. The fourth-order valence-corrected chi connectivity index (χ4v) is 4.98. The number of ketones is 2. The molecule has 2 atom stereocenters. The molecule has 10 heteroatoms. The van der Waals surface area contributed by atoms with Crippen molar-refractivity contribution in [3.8, 4) is 17.2 Å². The van der Waals surface area contributed by atoms with Gasteiger partial charge in [-0.25, -0.2) is 0 Å². The molecule has 2 aromatic rings. The molecule has 2 aliphatic carbocycles. The molecule has 42 heavy (non-hydrogen) atoms. The van der Waals surface area contributed by atoms with Crippen LogP contribution in [0.4, 0.5) is 0 Å². The van der Waals surface area contributed by atoms with Crippen LogP contribution in [0.25, 0.3) is 0 Å². The van der Waals surface area contributed by atoms with Gasteiger partial charge in [-0.1, -0.05) is 39.8 Å². The Kier molecular flexibility index (Phi) is 18.6. The Morgan fingerprint density at radius 3 is 2.14 bits per heavy atom. The van der Waals surface area contributed by atoms with E-state index in [1.807, 2.05) is 27.7 Å². The molecular formula is C32H45NO8Y. The second kappa shape index (κ2) is 19.7. The van der Waals surface area contributed by atoms with E-state index < -0.39 is 24.6 Å². The number of aliphatic hydroxyl groups is 2. The molecule has 1 fully saturated rings. The van der Waals surface area contributed by atoms with E-state index in [1.165, 1.54) is 7.11 Å². The maximum absolute atomic E-state index is 13.1. The minimum atomic E-state index is -0.589. The minimum absolute atomic E-state index is 0. The van der Waals surface area contributed by atoms with E-state index in [4.69, 9.17) is 25.1 Å². The monoisotopic (exact) mass is 660 g/mol. The van der Waals surface area contributed by atoms with E-state index in [0.29, 0.717) is 29.7 Å². The summed E-state index contributed by atoms with van der Waals surface area (Å²) in [5.41, 5.74) is 1.04. The van der Waals surface area contributed by atoms with Crippen LogP contribution in [0.2, 0.25) is 0 Å². The van der Waals surface area contributed by atoms with Crippen LogP contribution < -0.4 is 4.74 Å². The van der Waals surface area contributed by atoms with E-state index in [9.17, 15) is 19.8 Å². The van der Waals surface area contributed by atoms with Gasteiger partial charge in [-0.3, -0.25) is 15.0 Å². The van der Waals surface area contributed by atoms with E-state index >= 15 is 0 Å². The van der Waals surface area contributed by atoms with Gasteiger partial charge in [0.2, 0.25) is 0 Å². The minimum Gasteiger partial charge on any atom is -0.507 e. The molecule has 0 amide bonds. The predicted octanol–water partition coefficient (Wildman–Crippen LogP) is 5.09. The molecular weight excluding hydrogens is 615 g/mol. The van der Waals surface area contributed by atoms with Gasteiger partial charge in [0.15, 0.2) is 17.9 Å². The summed E-state index contributed by atoms with van der Waals surface area (Å²) in [6, 6.07) is 4.80. The third-order valence-electron chi connectivity index (χ3n) is 6.84. The molecule has 2 unspecified atom stereocenters. The first kappa shape index (κ1) is 39.6. The zero-order valence-electron chi connectivity index (χ0n) is 25.5. The number of hydrogen-bond donors (Lipinski definition) is 5. The van der Waals surface area contributed by atoms with E-state index in [2.05, 4.69) is 13.2 Å². The van der Waals surface area contributed by atoms with Crippen LogP contribution in [0.15, 0.2) is 31.4 Å². The number of methoxy groups -OCH3 is 1. The Hall–Kier alpha value is -2.43. The number of ether oxygens (including phenoxy) is 2. The van der Waals surface area contributed by atoms with Crippen LogP contribution >= 0.6 is 0 Å². The average molecular weight is 661 g/mol. The standard InChI is InChI=1S/C21H19NO6.C5H10O2.2C2H6.C2H4.Y/c1-28-14-4-2-3-11-15(14)18(22)16-17(20(11)26)21(27)12-7-9(13(24)8-23)5-6-10(12)19(16)25;6-5-3-1-2-4-7-5;3*1-2;/h2-4,9,22-23,25,27H,5-8H2,1H3;5-6H,1-4H2;2*1-2H3;1-2H2;. The van der Waals surface area contributed by atoms with Crippen molar-refractivity contribution in [2.45, 2.75) is 72.5 Å².